The summed E-state index contributed by atoms with van der Waals surface area (Å²) in [6.07, 6.45) is 7.25. The number of nitrogens with zero attached hydrogens (tertiary/aromatic N) is 8. The molecule has 4 aromatic carbocycles. The molecule has 0 unspecified atom stereocenters. The van der Waals surface area contributed by atoms with Gasteiger partial charge in [0, 0.05) is 69.8 Å². The van der Waals surface area contributed by atoms with E-state index in [1.807, 2.05) is 62.6 Å². The number of fused-ring (bicyclic) bond motifs is 4. The molecule has 0 saturated heterocycles. The zero-order valence-electron chi connectivity index (χ0n) is 36.0. The number of aromatic amines is 2. The Kier molecular flexibility index (Phi) is 12.0. The highest BCUT2D eigenvalue weighted by Crippen LogP contribution is 2.27. The van der Waals surface area contributed by atoms with Gasteiger partial charge in [-0.15, -0.1) is 0 Å². The van der Waals surface area contributed by atoms with E-state index in [1.54, 1.807) is 59.9 Å². The number of nitrogens with one attached hydrogen (secondary N) is 4. The van der Waals surface area contributed by atoms with Crippen LogP contribution >= 0.6 is 23.2 Å². The van der Waals surface area contributed by atoms with Crippen molar-refractivity contribution in [1.82, 2.24) is 49.5 Å². The normalized spacial score (nSPS) is 11.4. The van der Waals surface area contributed by atoms with Crippen molar-refractivity contribution in [2.45, 2.75) is 53.9 Å². The van der Waals surface area contributed by atoms with Crippen LogP contribution in [0.5, 0.6) is 0 Å². The van der Waals surface area contributed by atoms with E-state index in [2.05, 4.69) is 62.9 Å². The molecule has 6 aromatic heterocycles. The second-order valence-electron chi connectivity index (χ2n) is 16.0. The van der Waals surface area contributed by atoms with E-state index in [4.69, 9.17) is 23.2 Å². The molecule has 0 radical (unpaired) electrons. The average molecular weight is 926 g/mol. The first-order chi connectivity index (χ1) is 31.8. The predicted octanol–water partition coefficient (Wildman–Crippen LogP) is 9.48. The Morgan fingerprint density at radius 3 is 1.73 bits per heavy atom. The average Bonchev–Trinajstić information content (AvgIpc) is 3.90. The standard InChI is InChI=1S/2C24H20ClFN6O/c1-13-8-16-15(4-3-5-20(16)27-9-13)11-32-12-18-22(29-24(33)30-23(18)31-32)28-10-17-19(25)7-6-14(2)21(17)26;1-13-4-3-5-20-16(13)8-15(9-27-20)11-32-12-18-22(29-24(33)30-23(18)31-32)28-10-17-19(25)7-6-14(2)21(17)26/h2*3-9,12H,10-11H2,1-2H3,(H2,28,29,30,31,33). The Labute approximate surface area is 384 Å². The summed E-state index contributed by atoms with van der Waals surface area (Å²) in [5, 5.41) is 19.1. The molecule has 6 heterocycles. The molecular weight excluding hydrogens is 886 g/mol. The summed E-state index contributed by atoms with van der Waals surface area (Å²) in [5.74, 6) is -0.144. The summed E-state index contributed by atoms with van der Waals surface area (Å²) in [4.78, 5) is 46.6. The van der Waals surface area contributed by atoms with Crippen LogP contribution in [0.2, 0.25) is 10.0 Å². The number of H-pyrrole nitrogens is 2. The summed E-state index contributed by atoms with van der Waals surface area (Å²) < 4.78 is 32.5. The molecule has 66 heavy (non-hydrogen) atoms. The van der Waals surface area contributed by atoms with Gasteiger partial charge >= 0.3 is 11.4 Å². The number of pyridine rings is 2. The molecule has 0 fully saturated rings. The zero-order chi connectivity index (χ0) is 46.2. The number of benzene rings is 4. The first-order valence-electron chi connectivity index (χ1n) is 20.8. The molecule has 10 rings (SSSR count). The van der Waals surface area contributed by atoms with Crippen LogP contribution in [0.15, 0.2) is 107 Å². The predicted molar refractivity (Wildman–Crippen MR) is 254 cm³/mol. The molecule has 0 atom stereocenters. The molecule has 0 amide bonds. The second kappa shape index (κ2) is 18.1. The molecule has 10 aromatic rings. The van der Waals surface area contributed by atoms with Gasteiger partial charge in [-0.1, -0.05) is 59.6 Å². The van der Waals surface area contributed by atoms with Crippen molar-refractivity contribution in [3.05, 3.63) is 185 Å². The van der Waals surface area contributed by atoms with E-state index in [0.29, 0.717) is 79.1 Å². The third kappa shape index (κ3) is 9.05. The fourth-order valence-corrected chi connectivity index (χ4v) is 8.15. The van der Waals surface area contributed by atoms with Crippen molar-refractivity contribution in [2.75, 3.05) is 10.6 Å². The van der Waals surface area contributed by atoms with Crippen LogP contribution in [0.25, 0.3) is 43.9 Å². The maximum Gasteiger partial charge on any atom is 0.348 e. The third-order valence-electron chi connectivity index (χ3n) is 11.2. The Bertz CT molecular complexity index is 3620. The lowest BCUT2D eigenvalue weighted by molar-refractivity contribution is 0.603. The highest BCUT2D eigenvalue weighted by molar-refractivity contribution is 6.31. The highest BCUT2D eigenvalue weighted by Gasteiger charge is 2.17. The van der Waals surface area contributed by atoms with Crippen LogP contribution in [0.1, 0.15) is 44.5 Å². The van der Waals surface area contributed by atoms with Gasteiger partial charge < -0.3 is 10.6 Å². The van der Waals surface area contributed by atoms with Crippen LogP contribution in [-0.2, 0) is 26.2 Å². The van der Waals surface area contributed by atoms with Gasteiger partial charge in [-0.3, -0.25) is 29.3 Å². The van der Waals surface area contributed by atoms with Crippen molar-refractivity contribution in [3.63, 3.8) is 0 Å². The molecular formula is C48H40Cl2F2N12O2. The van der Waals surface area contributed by atoms with Crippen LogP contribution in [0.4, 0.5) is 20.4 Å². The van der Waals surface area contributed by atoms with Crippen molar-refractivity contribution in [1.29, 1.82) is 0 Å². The molecule has 18 heteroatoms. The minimum atomic E-state index is -0.547. The highest BCUT2D eigenvalue weighted by atomic mass is 35.5. The smallest absolute Gasteiger partial charge is 0.348 e. The number of hydrogen-bond donors (Lipinski definition) is 4. The van der Waals surface area contributed by atoms with Crippen LogP contribution in [-0.4, -0.2) is 49.5 Å². The molecule has 4 N–H and O–H groups in total. The monoisotopic (exact) mass is 924 g/mol. The molecule has 332 valence electrons. The lowest BCUT2D eigenvalue weighted by Gasteiger charge is -2.10. The van der Waals surface area contributed by atoms with E-state index < -0.39 is 11.4 Å². The van der Waals surface area contributed by atoms with Crippen molar-refractivity contribution in [3.8, 4) is 0 Å². The molecule has 0 spiro atoms. The van der Waals surface area contributed by atoms with Crippen molar-refractivity contribution < 1.29 is 8.78 Å². The van der Waals surface area contributed by atoms with Crippen LogP contribution in [0.3, 0.4) is 0 Å². The fourth-order valence-electron chi connectivity index (χ4n) is 7.73. The van der Waals surface area contributed by atoms with Gasteiger partial charge in [-0.25, -0.2) is 18.4 Å². The van der Waals surface area contributed by atoms with Crippen LogP contribution < -0.4 is 22.0 Å². The van der Waals surface area contributed by atoms with Crippen molar-refractivity contribution >= 4 is 78.7 Å². The molecule has 0 aliphatic carbocycles. The van der Waals surface area contributed by atoms with Gasteiger partial charge in [0.1, 0.15) is 23.3 Å². The number of aromatic nitrogens is 10. The summed E-state index contributed by atoms with van der Waals surface area (Å²) in [6, 6.07) is 22.7. The minimum absolute atomic E-state index is 0.0803. The molecule has 0 aliphatic rings. The topological polar surface area (TPSA) is 177 Å². The van der Waals surface area contributed by atoms with E-state index in [-0.39, 0.29) is 24.7 Å². The summed E-state index contributed by atoms with van der Waals surface area (Å²) in [6.45, 7) is 8.51. The third-order valence-corrected chi connectivity index (χ3v) is 11.9. The van der Waals surface area contributed by atoms with Gasteiger partial charge in [-0.05, 0) is 97.5 Å². The summed E-state index contributed by atoms with van der Waals surface area (Å²) in [5.41, 5.74) is 7.40. The molecule has 0 aliphatic heterocycles. The number of hydrogen-bond acceptors (Lipinski definition) is 10. The van der Waals surface area contributed by atoms with E-state index >= 15 is 0 Å². The maximum atomic E-state index is 14.5. The van der Waals surface area contributed by atoms with Gasteiger partial charge in [0.15, 0.2) is 11.3 Å². The lowest BCUT2D eigenvalue weighted by Crippen LogP contribution is -2.14. The number of anilines is 2. The maximum absolute atomic E-state index is 14.5. The zero-order valence-corrected chi connectivity index (χ0v) is 37.5. The van der Waals surface area contributed by atoms with E-state index in [9.17, 15) is 18.4 Å². The molecule has 14 nitrogen and oxygen atoms in total. The molecule has 0 saturated carbocycles. The lowest BCUT2D eigenvalue weighted by atomic mass is 10.1. The molecule has 0 bridgehead atoms. The first-order valence-corrected chi connectivity index (χ1v) is 21.5. The second-order valence-corrected chi connectivity index (χ2v) is 16.8. The van der Waals surface area contributed by atoms with Gasteiger partial charge in [0.2, 0.25) is 0 Å². The van der Waals surface area contributed by atoms with Gasteiger partial charge in [-0.2, -0.15) is 20.2 Å². The Hall–Kier alpha value is -7.56. The van der Waals surface area contributed by atoms with Crippen molar-refractivity contribution in [2.24, 2.45) is 0 Å². The van der Waals surface area contributed by atoms with Crippen LogP contribution in [0, 0.1) is 39.3 Å². The van der Waals surface area contributed by atoms with Gasteiger partial charge in [0.25, 0.3) is 0 Å². The van der Waals surface area contributed by atoms with E-state index in [1.165, 1.54) is 0 Å². The Balaban J connectivity index is 0.000000166. The van der Waals surface area contributed by atoms with E-state index in [0.717, 1.165) is 44.1 Å². The fraction of sp³-hybridized carbons (Fsp3) is 0.167. The number of rotatable bonds is 10. The first kappa shape index (κ1) is 43.7. The SMILES string of the molecule is Cc1ccc(Cl)c(CNc2nc(=O)[nH]c3nn(Cc4cnc5cccc(C)c5c4)cc23)c1F.Cc1cnc2cccc(Cn3cc4c(NCc5c(Cl)ccc(C)c5F)nc(=O)[nH]c4n3)c2c1. The quantitative estimate of drug-likeness (QED) is 0.103. The number of aryl methyl sites for hydroxylation is 4. The Morgan fingerprint density at radius 1 is 0.606 bits per heavy atom. The number of halogens is 4. The Morgan fingerprint density at radius 2 is 1.14 bits per heavy atom. The minimum Gasteiger partial charge on any atom is -0.365 e. The summed E-state index contributed by atoms with van der Waals surface area (Å²) in [7, 11) is 0. The largest absolute Gasteiger partial charge is 0.365 e. The van der Waals surface area contributed by atoms with Gasteiger partial charge in [0.05, 0.1) is 34.9 Å². The summed E-state index contributed by atoms with van der Waals surface area (Å²) >= 11 is 12.4.